The predicted octanol–water partition coefficient (Wildman–Crippen LogP) is 4.33. The minimum Gasteiger partial charge on any atom is -0.349 e. The molecule has 2 aliphatic rings. The molecule has 0 bridgehead atoms. The Kier molecular flexibility index (Phi) is 7.61. The largest absolute Gasteiger partial charge is 0.349 e. The maximum absolute atomic E-state index is 12.7. The predicted molar refractivity (Wildman–Crippen MR) is 122 cm³/mol. The highest BCUT2D eigenvalue weighted by Gasteiger charge is 2.20. The second-order valence-electron chi connectivity index (χ2n) is 8.59. The molecule has 1 aromatic carbocycles. The molecule has 0 unspecified atom stereocenters. The van der Waals surface area contributed by atoms with Crippen LogP contribution in [0.2, 0.25) is 0 Å². The van der Waals surface area contributed by atoms with Crippen LogP contribution in [0.5, 0.6) is 0 Å². The van der Waals surface area contributed by atoms with E-state index in [1.165, 1.54) is 37.4 Å². The highest BCUT2D eigenvalue weighted by Crippen LogP contribution is 2.28. The molecule has 2 amide bonds. The van der Waals surface area contributed by atoms with Crippen molar-refractivity contribution in [1.29, 1.82) is 0 Å². The third kappa shape index (κ3) is 6.32. The number of para-hydroxylation sites is 1. The Morgan fingerprint density at radius 3 is 2.61 bits per heavy atom. The number of nitrogens with one attached hydrogen (secondary N) is 3. The summed E-state index contributed by atoms with van der Waals surface area (Å²) in [5, 5.41) is 13.8. The van der Waals surface area contributed by atoms with Crippen molar-refractivity contribution in [3.63, 3.8) is 0 Å². The van der Waals surface area contributed by atoms with Gasteiger partial charge in [-0.15, -0.1) is 5.10 Å². The molecule has 2 aromatic rings. The molecular weight excluding hydrogens is 410 g/mol. The third-order valence-corrected chi connectivity index (χ3v) is 7.09. The number of thioether (sulfide) groups is 1. The minimum atomic E-state index is -0.177. The molecule has 1 heterocycles. The highest BCUT2D eigenvalue weighted by atomic mass is 32.2. The molecule has 3 N–H and O–H groups in total. The zero-order chi connectivity index (χ0) is 21.5. The van der Waals surface area contributed by atoms with Gasteiger partial charge < -0.3 is 10.6 Å². The Morgan fingerprint density at radius 1 is 1.06 bits per heavy atom. The smallest absolute Gasteiger partial charge is 0.253 e. The van der Waals surface area contributed by atoms with Crippen LogP contribution < -0.4 is 10.6 Å². The number of aromatic nitrogens is 3. The van der Waals surface area contributed by atoms with Gasteiger partial charge in [-0.05, 0) is 37.3 Å². The van der Waals surface area contributed by atoms with Gasteiger partial charge in [-0.2, -0.15) is 0 Å². The van der Waals surface area contributed by atoms with Gasteiger partial charge in [0.1, 0.15) is 5.82 Å². The summed E-state index contributed by atoms with van der Waals surface area (Å²) in [6, 6.07) is 7.38. The number of carbonyl (C=O) groups excluding carboxylic acids is 2. The first-order valence-corrected chi connectivity index (χ1v) is 12.4. The summed E-state index contributed by atoms with van der Waals surface area (Å²) in [6.45, 7) is 0. The normalized spacial score (nSPS) is 17.2. The molecule has 2 fully saturated rings. The standard InChI is InChI=1S/C23H31N5O2S/c29-21(15-31-23-26-20(27-28-23)14-13-16-7-1-2-8-16)25-19-12-6-5-11-18(19)22(30)24-17-9-3-4-10-17/h5-6,11-12,16-17H,1-4,7-10,13-15H2,(H,24,30)(H,25,29)(H,26,27,28). The Labute approximate surface area is 187 Å². The lowest BCUT2D eigenvalue weighted by Gasteiger charge is -2.14. The molecule has 1 aromatic heterocycles. The van der Waals surface area contributed by atoms with Gasteiger partial charge in [-0.25, -0.2) is 4.98 Å². The summed E-state index contributed by atoms with van der Waals surface area (Å²) in [5.41, 5.74) is 1.04. The van der Waals surface area contributed by atoms with Gasteiger partial charge in [0, 0.05) is 12.5 Å². The molecule has 0 aliphatic heterocycles. The number of anilines is 1. The molecule has 31 heavy (non-hydrogen) atoms. The monoisotopic (exact) mass is 441 g/mol. The lowest BCUT2D eigenvalue weighted by Crippen LogP contribution is -2.33. The van der Waals surface area contributed by atoms with Crippen molar-refractivity contribution in [2.75, 3.05) is 11.1 Å². The minimum absolute atomic E-state index is 0.128. The lowest BCUT2D eigenvalue weighted by atomic mass is 10.0. The number of amides is 2. The van der Waals surface area contributed by atoms with E-state index in [4.69, 9.17) is 0 Å². The Bertz CT molecular complexity index is 888. The van der Waals surface area contributed by atoms with Crippen LogP contribution in [0.25, 0.3) is 0 Å². The molecule has 0 atom stereocenters. The number of carbonyl (C=O) groups is 2. The maximum atomic E-state index is 12.7. The summed E-state index contributed by atoms with van der Waals surface area (Å²) < 4.78 is 0. The molecular formula is C23H31N5O2S. The summed E-state index contributed by atoms with van der Waals surface area (Å²) in [4.78, 5) is 29.6. The number of hydrogen-bond donors (Lipinski definition) is 3. The second kappa shape index (κ2) is 10.8. The van der Waals surface area contributed by atoms with Crippen LogP contribution in [-0.4, -0.2) is 38.8 Å². The van der Waals surface area contributed by atoms with Gasteiger partial charge in [0.15, 0.2) is 0 Å². The first-order chi connectivity index (χ1) is 15.2. The maximum Gasteiger partial charge on any atom is 0.253 e. The molecule has 0 saturated heterocycles. The zero-order valence-corrected chi connectivity index (χ0v) is 18.7. The topological polar surface area (TPSA) is 99.8 Å². The van der Waals surface area contributed by atoms with Crippen LogP contribution in [0.4, 0.5) is 5.69 Å². The summed E-state index contributed by atoms with van der Waals surface area (Å²) in [7, 11) is 0. The van der Waals surface area contributed by atoms with E-state index < -0.39 is 0 Å². The highest BCUT2D eigenvalue weighted by molar-refractivity contribution is 7.99. The number of aryl methyl sites for hydroxylation is 1. The number of H-pyrrole nitrogens is 1. The zero-order valence-electron chi connectivity index (χ0n) is 17.9. The molecule has 0 radical (unpaired) electrons. The average molecular weight is 442 g/mol. The fraction of sp³-hybridized carbons (Fsp3) is 0.565. The fourth-order valence-corrected chi connectivity index (χ4v) is 5.15. The lowest BCUT2D eigenvalue weighted by molar-refractivity contribution is -0.113. The molecule has 2 aliphatic carbocycles. The van der Waals surface area contributed by atoms with Crippen molar-refractivity contribution in [3.8, 4) is 0 Å². The Balaban J connectivity index is 1.26. The van der Waals surface area contributed by atoms with Crippen molar-refractivity contribution in [1.82, 2.24) is 20.5 Å². The van der Waals surface area contributed by atoms with Crippen molar-refractivity contribution >= 4 is 29.3 Å². The fourth-order valence-electron chi connectivity index (χ4n) is 4.53. The van der Waals surface area contributed by atoms with Crippen LogP contribution in [0.3, 0.4) is 0 Å². The van der Waals surface area contributed by atoms with E-state index in [1.54, 1.807) is 12.1 Å². The Morgan fingerprint density at radius 2 is 1.81 bits per heavy atom. The van der Waals surface area contributed by atoms with Gasteiger partial charge in [-0.3, -0.25) is 14.7 Å². The van der Waals surface area contributed by atoms with Crippen LogP contribution in [-0.2, 0) is 11.2 Å². The van der Waals surface area contributed by atoms with E-state index in [0.29, 0.717) is 16.4 Å². The molecule has 0 spiro atoms. The number of rotatable bonds is 9. The van der Waals surface area contributed by atoms with Gasteiger partial charge in [-0.1, -0.05) is 62.4 Å². The number of aromatic amines is 1. The van der Waals surface area contributed by atoms with E-state index in [0.717, 1.165) is 50.3 Å². The number of nitrogens with zero attached hydrogens (tertiary/aromatic N) is 2. The van der Waals surface area contributed by atoms with E-state index in [2.05, 4.69) is 25.8 Å². The SMILES string of the molecule is O=C(CSc1n[nH]c(CCC2CCCC2)n1)Nc1ccccc1C(=O)NC1CCCC1. The molecule has 2 saturated carbocycles. The van der Waals surface area contributed by atoms with Gasteiger partial charge in [0.05, 0.1) is 17.0 Å². The van der Waals surface area contributed by atoms with E-state index in [1.807, 2.05) is 12.1 Å². The van der Waals surface area contributed by atoms with Crippen molar-refractivity contribution < 1.29 is 9.59 Å². The van der Waals surface area contributed by atoms with Crippen molar-refractivity contribution in [2.24, 2.45) is 5.92 Å². The van der Waals surface area contributed by atoms with Gasteiger partial charge >= 0.3 is 0 Å². The van der Waals surface area contributed by atoms with Gasteiger partial charge in [0.2, 0.25) is 11.1 Å². The number of benzene rings is 1. The van der Waals surface area contributed by atoms with Crippen LogP contribution in [0.15, 0.2) is 29.4 Å². The van der Waals surface area contributed by atoms with Gasteiger partial charge in [0.25, 0.3) is 5.91 Å². The molecule has 7 nitrogen and oxygen atoms in total. The van der Waals surface area contributed by atoms with E-state index >= 15 is 0 Å². The third-order valence-electron chi connectivity index (χ3n) is 6.24. The molecule has 8 heteroatoms. The summed E-state index contributed by atoms with van der Waals surface area (Å²) in [5.74, 6) is 1.60. The second-order valence-corrected chi connectivity index (χ2v) is 9.53. The first-order valence-electron chi connectivity index (χ1n) is 11.4. The summed E-state index contributed by atoms with van der Waals surface area (Å²) >= 11 is 1.30. The first kappa shape index (κ1) is 21.9. The van der Waals surface area contributed by atoms with E-state index in [9.17, 15) is 9.59 Å². The number of hydrogen-bond acceptors (Lipinski definition) is 5. The quantitative estimate of drug-likeness (QED) is 0.503. The van der Waals surface area contributed by atoms with Crippen molar-refractivity contribution in [3.05, 3.63) is 35.7 Å². The van der Waals surface area contributed by atoms with Crippen molar-refractivity contribution in [2.45, 2.75) is 75.4 Å². The molecule has 4 rings (SSSR count). The van der Waals surface area contributed by atoms with Crippen LogP contribution in [0, 0.1) is 5.92 Å². The summed E-state index contributed by atoms with van der Waals surface area (Å²) in [6.07, 6.45) is 11.8. The van der Waals surface area contributed by atoms with Crippen LogP contribution >= 0.6 is 11.8 Å². The van der Waals surface area contributed by atoms with E-state index in [-0.39, 0.29) is 23.6 Å². The Hall–Kier alpha value is -2.35. The van der Waals surface area contributed by atoms with Crippen LogP contribution in [0.1, 0.15) is 74.0 Å². The average Bonchev–Trinajstić information content (AvgIpc) is 3.54. The molecule has 166 valence electrons.